The number of carbonyl (C=O) groups is 1. The maximum absolute atomic E-state index is 12.9. The highest BCUT2D eigenvalue weighted by molar-refractivity contribution is 7.89. The van der Waals surface area contributed by atoms with Crippen molar-refractivity contribution in [2.24, 2.45) is 0 Å². The fourth-order valence-electron chi connectivity index (χ4n) is 2.73. The van der Waals surface area contributed by atoms with Gasteiger partial charge in [-0.3, -0.25) is 4.79 Å². The summed E-state index contributed by atoms with van der Waals surface area (Å²) in [6, 6.07) is 11.6. The molecule has 0 aliphatic heterocycles. The van der Waals surface area contributed by atoms with Crippen molar-refractivity contribution in [2.75, 3.05) is 13.7 Å². The molecule has 0 unspecified atom stereocenters. The maximum Gasteiger partial charge on any atom is 0.255 e. The molecule has 0 aliphatic carbocycles. The molecule has 0 bridgehead atoms. The maximum atomic E-state index is 12.9. The Balaban J connectivity index is 2.35. The average Bonchev–Trinajstić information content (AvgIpc) is 2.66. The van der Waals surface area contributed by atoms with Gasteiger partial charge in [0.15, 0.2) is 0 Å². The summed E-state index contributed by atoms with van der Waals surface area (Å²) in [6.45, 7) is 6.12. The first-order valence-corrected chi connectivity index (χ1v) is 10.4. The minimum absolute atomic E-state index is 0.0233. The smallest absolute Gasteiger partial charge is 0.255 e. The molecule has 7 heteroatoms. The summed E-state index contributed by atoms with van der Waals surface area (Å²) in [5, 5.41) is 2.66. The molecule has 27 heavy (non-hydrogen) atoms. The van der Waals surface area contributed by atoms with E-state index in [-0.39, 0.29) is 22.4 Å². The van der Waals surface area contributed by atoms with Crippen molar-refractivity contribution in [2.45, 2.75) is 38.1 Å². The number of sulfonamides is 1. The molecular weight excluding hydrogens is 364 g/mol. The van der Waals surface area contributed by atoms with Gasteiger partial charge in [-0.1, -0.05) is 36.8 Å². The van der Waals surface area contributed by atoms with Gasteiger partial charge in [0, 0.05) is 12.6 Å². The molecule has 0 heterocycles. The molecule has 1 amide bonds. The fourth-order valence-corrected chi connectivity index (χ4v) is 4.06. The third-order valence-electron chi connectivity index (χ3n) is 4.25. The van der Waals surface area contributed by atoms with E-state index in [1.165, 1.54) is 25.3 Å². The molecule has 2 N–H and O–H groups in total. The van der Waals surface area contributed by atoms with Gasteiger partial charge in [0.05, 0.1) is 17.6 Å². The van der Waals surface area contributed by atoms with Crippen LogP contribution < -0.4 is 14.8 Å². The number of methoxy groups -OCH3 is 1. The van der Waals surface area contributed by atoms with Crippen molar-refractivity contribution >= 4 is 15.9 Å². The second kappa shape index (κ2) is 9.01. The first-order valence-electron chi connectivity index (χ1n) is 8.87. The van der Waals surface area contributed by atoms with Gasteiger partial charge in [0.1, 0.15) is 5.75 Å². The van der Waals surface area contributed by atoms with Crippen molar-refractivity contribution in [1.29, 1.82) is 0 Å². The zero-order valence-corrected chi connectivity index (χ0v) is 16.9. The third kappa shape index (κ3) is 5.08. The highest BCUT2D eigenvalue weighted by atomic mass is 32.2. The van der Waals surface area contributed by atoms with Crippen LogP contribution in [0.15, 0.2) is 47.4 Å². The number of nitrogens with one attached hydrogen (secondary N) is 2. The lowest BCUT2D eigenvalue weighted by Gasteiger charge is -2.18. The van der Waals surface area contributed by atoms with E-state index in [0.717, 1.165) is 11.1 Å². The zero-order valence-electron chi connectivity index (χ0n) is 16.1. The number of aryl methyl sites for hydroxylation is 1. The lowest BCUT2D eigenvalue weighted by Crippen LogP contribution is -2.29. The lowest BCUT2D eigenvalue weighted by molar-refractivity contribution is 0.0952. The van der Waals surface area contributed by atoms with Crippen LogP contribution in [-0.4, -0.2) is 28.0 Å². The van der Waals surface area contributed by atoms with Crippen molar-refractivity contribution in [3.63, 3.8) is 0 Å². The van der Waals surface area contributed by atoms with E-state index in [1.54, 1.807) is 6.92 Å². The Morgan fingerprint density at radius 3 is 2.33 bits per heavy atom. The summed E-state index contributed by atoms with van der Waals surface area (Å²) >= 11 is 0. The molecule has 6 nitrogen and oxygen atoms in total. The summed E-state index contributed by atoms with van der Waals surface area (Å²) in [7, 11) is -2.37. The molecule has 146 valence electrons. The van der Waals surface area contributed by atoms with E-state index in [2.05, 4.69) is 10.0 Å². The SMILES string of the molecule is CCNC(=O)c1cc(S(=O)(=O)N[C@H](CC)c2ccc(C)cc2)ccc1OC. The van der Waals surface area contributed by atoms with Gasteiger partial charge in [-0.15, -0.1) is 0 Å². The summed E-state index contributed by atoms with van der Waals surface area (Å²) in [5.41, 5.74) is 2.19. The highest BCUT2D eigenvalue weighted by Crippen LogP contribution is 2.25. The standard InChI is InChI=1S/C20H26N2O4S/c1-5-18(15-9-7-14(3)8-10-15)22-27(24,25)16-11-12-19(26-4)17(13-16)20(23)21-6-2/h7-13,18,22H,5-6H2,1-4H3,(H,21,23)/t18-/m1/s1. The highest BCUT2D eigenvalue weighted by Gasteiger charge is 2.23. The molecule has 0 spiro atoms. The first-order chi connectivity index (χ1) is 12.8. The average molecular weight is 391 g/mol. The fraction of sp³-hybridized carbons (Fsp3) is 0.350. The van der Waals surface area contributed by atoms with Gasteiger partial charge in [0.25, 0.3) is 5.91 Å². The van der Waals surface area contributed by atoms with Crippen molar-refractivity contribution < 1.29 is 17.9 Å². The summed E-state index contributed by atoms with van der Waals surface area (Å²) < 4.78 is 33.7. The molecule has 0 radical (unpaired) electrons. The number of hydrogen-bond donors (Lipinski definition) is 2. The van der Waals surface area contributed by atoms with Crippen LogP contribution in [0.2, 0.25) is 0 Å². The molecule has 2 aromatic carbocycles. The van der Waals surface area contributed by atoms with E-state index in [4.69, 9.17) is 4.74 Å². The Hall–Kier alpha value is -2.38. The molecule has 0 aromatic heterocycles. The van der Waals surface area contributed by atoms with Gasteiger partial charge in [-0.05, 0) is 44.0 Å². The predicted octanol–water partition coefficient (Wildman–Crippen LogP) is 3.18. The molecule has 0 aliphatic rings. The number of amides is 1. The molecule has 2 rings (SSSR count). The number of benzene rings is 2. The monoisotopic (exact) mass is 390 g/mol. The Morgan fingerprint density at radius 2 is 1.78 bits per heavy atom. The van der Waals surface area contributed by atoms with Crippen molar-refractivity contribution in [1.82, 2.24) is 10.0 Å². The Kier molecular flexibility index (Phi) is 6.98. The molecule has 0 fully saturated rings. The molecule has 1 atom stereocenters. The summed E-state index contributed by atoms with van der Waals surface area (Å²) in [4.78, 5) is 12.3. The van der Waals surface area contributed by atoms with Crippen LogP contribution in [0, 0.1) is 6.92 Å². The van der Waals surface area contributed by atoms with E-state index < -0.39 is 10.0 Å². The second-order valence-corrected chi connectivity index (χ2v) is 7.93. The van der Waals surface area contributed by atoms with Crippen LogP contribution >= 0.6 is 0 Å². The van der Waals surface area contributed by atoms with Crippen LogP contribution in [0.4, 0.5) is 0 Å². The molecular formula is C20H26N2O4S. The number of carbonyl (C=O) groups excluding carboxylic acids is 1. The molecule has 2 aromatic rings. The normalized spacial score (nSPS) is 12.4. The van der Waals surface area contributed by atoms with E-state index in [9.17, 15) is 13.2 Å². The quantitative estimate of drug-likeness (QED) is 0.725. The second-order valence-electron chi connectivity index (χ2n) is 6.21. The Labute approximate surface area is 161 Å². The number of rotatable bonds is 8. The van der Waals surface area contributed by atoms with E-state index >= 15 is 0 Å². The number of hydrogen-bond acceptors (Lipinski definition) is 4. The minimum Gasteiger partial charge on any atom is -0.496 e. The molecule has 0 saturated heterocycles. The molecule has 0 saturated carbocycles. The van der Waals surface area contributed by atoms with E-state index in [1.807, 2.05) is 38.1 Å². The van der Waals surface area contributed by atoms with Crippen LogP contribution in [0.25, 0.3) is 0 Å². The summed E-state index contributed by atoms with van der Waals surface area (Å²) in [6.07, 6.45) is 0.599. The van der Waals surface area contributed by atoms with Gasteiger partial charge in [0.2, 0.25) is 10.0 Å². The predicted molar refractivity (Wildman–Crippen MR) is 106 cm³/mol. The van der Waals surface area contributed by atoms with Gasteiger partial charge in [-0.2, -0.15) is 0 Å². The topological polar surface area (TPSA) is 84.5 Å². The van der Waals surface area contributed by atoms with Crippen LogP contribution in [0.3, 0.4) is 0 Å². The minimum atomic E-state index is -3.81. The van der Waals surface area contributed by atoms with Gasteiger partial charge >= 0.3 is 0 Å². The van der Waals surface area contributed by atoms with E-state index in [0.29, 0.717) is 18.7 Å². The number of ether oxygens (including phenoxy) is 1. The van der Waals surface area contributed by atoms with Crippen LogP contribution in [0.5, 0.6) is 5.75 Å². The van der Waals surface area contributed by atoms with Crippen LogP contribution in [-0.2, 0) is 10.0 Å². The van der Waals surface area contributed by atoms with Gasteiger partial charge < -0.3 is 10.1 Å². The largest absolute Gasteiger partial charge is 0.496 e. The van der Waals surface area contributed by atoms with Crippen molar-refractivity contribution in [3.8, 4) is 5.75 Å². The zero-order chi connectivity index (χ0) is 20.0. The lowest BCUT2D eigenvalue weighted by atomic mass is 10.0. The summed E-state index contributed by atoms with van der Waals surface area (Å²) in [5.74, 6) is -0.0533. The first kappa shape index (κ1) is 20.9. The third-order valence-corrected chi connectivity index (χ3v) is 5.72. The van der Waals surface area contributed by atoms with Crippen molar-refractivity contribution in [3.05, 3.63) is 59.2 Å². The van der Waals surface area contributed by atoms with Gasteiger partial charge in [-0.25, -0.2) is 13.1 Å². The Bertz CT molecular complexity index is 893. The Morgan fingerprint density at radius 1 is 1.11 bits per heavy atom. The van der Waals surface area contributed by atoms with Crippen LogP contribution in [0.1, 0.15) is 47.8 Å².